The lowest BCUT2D eigenvalue weighted by molar-refractivity contribution is -0.154. The lowest BCUT2D eigenvalue weighted by Gasteiger charge is -2.29. The minimum absolute atomic E-state index is 0.0168. The fourth-order valence-corrected chi connectivity index (χ4v) is 3.37. The molecule has 25 heavy (non-hydrogen) atoms. The van der Waals surface area contributed by atoms with Crippen molar-refractivity contribution >= 4 is 29.3 Å². The smallest absolute Gasteiger partial charge is 0.309 e. The average Bonchev–Trinajstić information content (AvgIpc) is 2.54. The van der Waals surface area contributed by atoms with E-state index < -0.39 is 41.3 Å². The van der Waals surface area contributed by atoms with Crippen molar-refractivity contribution in [2.45, 2.75) is 39.5 Å². The van der Waals surface area contributed by atoms with Gasteiger partial charge in [0.1, 0.15) is 11.6 Å². The van der Waals surface area contributed by atoms with Crippen molar-refractivity contribution in [2.24, 2.45) is 17.8 Å². The van der Waals surface area contributed by atoms with Crippen LogP contribution in [0, 0.1) is 17.8 Å². The summed E-state index contributed by atoms with van der Waals surface area (Å²) in [6, 6.07) is 0. The first-order chi connectivity index (χ1) is 11.9. The van der Waals surface area contributed by atoms with Crippen molar-refractivity contribution in [3.05, 3.63) is 11.6 Å². The topological polar surface area (TPSA) is 104 Å². The number of ketones is 3. The molecule has 2 aliphatic rings. The molecule has 0 aromatic rings. The number of ether oxygens (including phenoxy) is 2. The second-order valence-corrected chi connectivity index (χ2v) is 6.27. The molecule has 136 valence electrons. The average molecular weight is 350 g/mol. The number of esters is 2. The van der Waals surface area contributed by atoms with Gasteiger partial charge in [0.15, 0.2) is 5.78 Å². The molecule has 0 aliphatic heterocycles. The normalized spacial score (nSPS) is 26.9. The summed E-state index contributed by atoms with van der Waals surface area (Å²) in [5, 5.41) is 0. The fraction of sp³-hybridized carbons (Fsp3) is 0.611. The molecule has 2 rings (SSSR count). The molecular weight excluding hydrogens is 328 g/mol. The van der Waals surface area contributed by atoms with E-state index in [0.717, 1.165) is 0 Å². The van der Waals surface area contributed by atoms with Gasteiger partial charge in [-0.2, -0.15) is 0 Å². The van der Waals surface area contributed by atoms with E-state index in [9.17, 15) is 24.0 Å². The molecule has 1 atom stereocenters. The van der Waals surface area contributed by atoms with Crippen LogP contribution >= 0.6 is 0 Å². The van der Waals surface area contributed by atoms with Gasteiger partial charge < -0.3 is 9.47 Å². The van der Waals surface area contributed by atoms with E-state index in [4.69, 9.17) is 9.47 Å². The van der Waals surface area contributed by atoms with Crippen molar-refractivity contribution in [3.8, 4) is 0 Å². The largest absolute Gasteiger partial charge is 0.466 e. The first-order valence-corrected chi connectivity index (χ1v) is 8.49. The zero-order valence-corrected chi connectivity index (χ0v) is 14.4. The van der Waals surface area contributed by atoms with Crippen molar-refractivity contribution < 1.29 is 33.4 Å². The maximum Gasteiger partial charge on any atom is 0.309 e. The minimum Gasteiger partial charge on any atom is -0.466 e. The quantitative estimate of drug-likeness (QED) is 0.542. The third kappa shape index (κ3) is 4.41. The van der Waals surface area contributed by atoms with Crippen LogP contribution in [0.5, 0.6) is 0 Å². The first kappa shape index (κ1) is 19.0. The van der Waals surface area contributed by atoms with Gasteiger partial charge in [0.25, 0.3) is 0 Å². The Morgan fingerprint density at radius 2 is 1.36 bits per heavy atom. The number of hydrogen-bond donors (Lipinski definition) is 0. The summed E-state index contributed by atoms with van der Waals surface area (Å²) >= 11 is 0. The minimum atomic E-state index is -1.05. The Hall–Kier alpha value is -2.31. The van der Waals surface area contributed by atoms with E-state index in [-0.39, 0.29) is 44.7 Å². The number of carbonyl (C=O) groups excluding carboxylic acids is 5. The SMILES string of the molecule is CCOC(=O)C1CC(=O)C(C2=CC(=O)CC(C(=O)OCC)C2)C(=O)C1. The van der Waals surface area contributed by atoms with E-state index in [0.29, 0.717) is 5.57 Å². The molecule has 1 unspecified atom stereocenters. The Kier molecular flexibility index (Phi) is 6.22. The maximum absolute atomic E-state index is 12.4. The monoisotopic (exact) mass is 350 g/mol. The van der Waals surface area contributed by atoms with E-state index in [1.807, 2.05) is 0 Å². The third-order valence-corrected chi connectivity index (χ3v) is 4.43. The van der Waals surface area contributed by atoms with E-state index in [1.165, 1.54) is 6.08 Å². The summed E-state index contributed by atoms with van der Waals surface area (Å²) in [5.74, 6) is -4.65. The molecule has 0 aromatic heterocycles. The fourth-order valence-electron chi connectivity index (χ4n) is 3.37. The van der Waals surface area contributed by atoms with Crippen LogP contribution in [-0.4, -0.2) is 42.5 Å². The van der Waals surface area contributed by atoms with Gasteiger partial charge in [-0.3, -0.25) is 24.0 Å². The number of Topliss-reactive ketones (excluding diaryl/α,β-unsaturated/α-hetero) is 2. The molecule has 0 bridgehead atoms. The summed E-state index contributed by atoms with van der Waals surface area (Å²) in [4.78, 5) is 60.5. The van der Waals surface area contributed by atoms with Gasteiger partial charge in [-0.15, -0.1) is 0 Å². The van der Waals surface area contributed by atoms with Crippen LogP contribution in [0.3, 0.4) is 0 Å². The van der Waals surface area contributed by atoms with E-state index >= 15 is 0 Å². The van der Waals surface area contributed by atoms with Crippen molar-refractivity contribution in [2.75, 3.05) is 13.2 Å². The van der Waals surface area contributed by atoms with Gasteiger partial charge in [0.2, 0.25) is 0 Å². The van der Waals surface area contributed by atoms with E-state index in [2.05, 4.69) is 0 Å². The first-order valence-electron chi connectivity index (χ1n) is 8.49. The highest BCUT2D eigenvalue weighted by molar-refractivity contribution is 6.11. The number of hydrogen-bond acceptors (Lipinski definition) is 7. The van der Waals surface area contributed by atoms with Crippen LogP contribution in [0.15, 0.2) is 11.6 Å². The van der Waals surface area contributed by atoms with Crippen LogP contribution in [0.1, 0.15) is 39.5 Å². The molecule has 7 nitrogen and oxygen atoms in total. The second-order valence-electron chi connectivity index (χ2n) is 6.27. The molecule has 7 heteroatoms. The maximum atomic E-state index is 12.4. The molecular formula is C18H22O7. The molecule has 0 spiro atoms. The molecule has 0 aromatic carbocycles. The zero-order chi connectivity index (χ0) is 18.6. The number of allylic oxidation sites excluding steroid dienone is 2. The van der Waals surface area contributed by atoms with Gasteiger partial charge in [-0.1, -0.05) is 0 Å². The molecule has 2 aliphatic carbocycles. The standard InChI is InChI=1S/C18H22O7/c1-3-24-17(22)11-5-10(6-13(19)7-11)16-14(20)8-12(9-15(16)21)18(23)25-4-2/h6,11-12,16H,3-5,7-9H2,1-2H3. The highest BCUT2D eigenvalue weighted by Gasteiger charge is 2.43. The van der Waals surface area contributed by atoms with E-state index in [1.54, 1.807) is 13.8 Å². The molecule has 0 N–H and O–H groups in total. The van der Waals surface area contributed by atoms with Gasteiger partial charge >= 0.3 is 11.9 Å². The van der Waals surface area contributed by atoms with Crippen LogP contribution in [-0.2, 0) is 33.4 Å². The molecule has 1 fully saturated rings. The van der Waals surface area contributed by atoms with Crippen LogP contribution < -0.4 is 0 Å². The Morgan fingerprint density at radius 3 is 1.84 bits per heavy atom. The molecule has 0 radical (unpaired) electrons. The molecule has 0 amide bonds. The van der Waals surface area contributed by atoms with Gasteiger partial charge in [0.05, 0.1) is 31.0 Å². The van der Waals surface area contributed by atoms with Crippen LogP contribution in [0.4, 0.5) is 0 Å². The number of rotatable bonds is 5. The third-order valence-electron chi connectivity index (χ3n) is 4.43. The lowest BCUT2D eigenvalue weighted by Crippen LogP contribution is -2.39. The summed E-state index contributed by atoms with van der Waals surface area (Å²) in [5.41, 5.74) is 0.353. The summed E-state index contributed by atoms with van der Waals surface area (Å²) < 4.78 is 9.82. The Bertz CT molecular complexity index is 613. The summed E-state index contributed by atoms with van der Waals surface area (Å²) in [6.45, 7) is 3.71. The van der Waals surface area contributed by atoms with Crippen molar-refractivity contribution in [1.82, 2.24) is 0 Å². The lowest BCUT2D eigenvalue weighted by atomic mass is 9.72. The highest BCUT2D eigenvalue weighted by atomic mass is 16.5. The summed E-state index contributed by atoms with van der Waals surface area (Å²) in [7, 11) is 0. The summed E-state index contributed by atoms with van der Waals surface area (Å²) in [6.07, 6.45) is 1.27. The van der Waals surface area contributed by atoms with Gasteiger partial charge in [-0.25, -0.2) is 0 Å². The predicted molar refractivity (Wildman–Crippen MR) is 85.3 cm³/mol. The Balaban J connectivity index is 2.14. The van der Waals surface area contributed by atoms with Crippen molar-refractivity contribution in [3.63, 3.8) is 0 Å². The van der Waals surface area contributed by atoms with Gasteiger partial charge in [-0.05, 0) is 31.9 Å². The molecule has 0 saturated heterocycles. The van der Waals surface area contributed by atoms with Crippen LogP contribution in [0.2, 0.25) is 0 Å². The van der Waals surface area contributed by atoms with Crippen molar-refractivity contribution in [1.29, 1.82) is 0 Å². The van der Waals surface area contributed by atoms with Crippen LogP contribution in [0.25, 0.3) is 0 Å². The Morgan fingerprint density at radius 1 is 0.880 bits per heavy atom. The molecule has 1 saturated carbocycles. The number of carbonyl (C=O) groups is 5. The second kappa shape index (κ2) is 8.18. The highest BCUT2D eigenvalue weighted by Crippen LogP contribution is 2.35. The molecule has 0 heterocycles. The van der Waals surface area contributed by atoms with Gasteiger partial charge in [0, 0.05) is 19.3 Å². The Labute approximate surface area is 145 Å². The predicted octanol–water partition coefficient (Wildman–Crippen LogP) is 1.18. The zero-order valence-electron chi connectivity index (χ0n) is 14.4.